The van der Waals surface area contributed by atoms with Crippen molar-refractivity contribution < 1.29 is 0 Å². The van der Waals surface area contributed by atoms with Gasteiger partial charge in [-0.05, 0) is 45.7 Å². The van der Waals surface area contributed by atoms with Gasteiger partial charge in [0.1, 0.15) is 0 Å². The van der Waals surface area contributed by atoms with Gasteiger partial charge in [0.2, 0.25) is 0 Å². The summed E-state index contributed by atoms with van der Waals surface area (Å²) in [6, 6.07) is 7.25. The van der Waals surface area contributed by atoms with Crippen LogP contribution in [0.4, 0.5) is 0 Å². The Kier molecular flexibility index (Phi) is 3.45. The Bertz CT molecular complexity index is 384. The molecule has 0 spiro atoms. The van der Waals surface area contributed by atoms with Crippen LogP contribution in [0, 0.1) is 13.8 Å². The lowest BCUT2D eigenvalue weighted by Gasteiger charge is -2.19. The molecule has 0 amide bonds. The van der Waals surface area contributed by atoms with Crippen LogP contribution in [0.3, 0.4) is 0 Å². The fourth-order valence-electron chi connectivity index (χ4n) is 2.70. The van der Waals surface area contributed by atoms with E-state index in [1.165, 1.54) is 36.0 Å². The van der Waals surface area contributed by atoms with Crippen molar-refractivity contribution in [1.82, 2.24) is 5.32 Å². The van der Waals surface area contributed by atoms with Crippen LogP contribution in [0.15, 0.2) is 29.8 Å². The smallest absolute Gasteiger partial charge is 0.0533 e. The fraction of sp³-hybridized carbons (Fsp3) is 0.467. The number of hydrogen-bond acceptors (Lipinski definition) is 1. The van der Waals surface area contributed by atoms with Crippen molar-refractivity contribution in [3.8, 4) is 0 Å². The second kappa shape index (κ2) is 4.84. The van der Waals surface area contributed by atoms with Gasteiger partial charge >= 0.3 is 0 Å². The van der Waals surface area contributed by atoms with E-state index in [0.29, 0.717) is 6.04 Å². The molecular formula is C15H21N. The Morgan fingerprint density at radius 3 is 2.31 bits per heavy atom. The molecule has 1 aliphatic rings. The highest BCUT2D eigenvalue weighted by Gasteiger charge is 2.17. The van der Waals surface area contributed by atoms with Gasteiger partial charge in [-0.15, -0.1) is 0 Å². The maximum Gasteiger partial charge on any atom is 0.0533 e. The van der Waals surface area contributed by atoms with Gasteiger partial charge < -0.3 is 5.32 Å². The molecule has 0 bridgehead atoms. The Balaban J connectivity index is 2.32. The Labute approximate surface area is 98.6 Å². The quantitative estimate of drug-likeness (QED) is 0.758. The Morgan fingerprint density at radius 2 is 1.81 bits per heavy atom. The predicted molar refractivity (Wildman–Crippen MR) is 69.7 cm³/mol. The van der Waals surface area contributed by atoms with Crippen molar-refractivity contribution >= 4 is 0 Å². The highest BCUT2D eigenvalue weighted by atomic mass is 14.9. The molecule has 0 aromatic heterocycles. The largest absolute Gasteiger partial charge is 0.310 e. The average molecular weight is 215 g/mol. The summed E-state index contributed by atoms with van der Waals surface area (Å²) in [5.41, 5.74) is 5.68. The lowest BCUT2D eigenvalue weighted by molar-refractivity contribution is 0.655. The van der Waals surface area contributed by atoms with Crippen LogP contribution in [0.5, 0.6) is 0 Å². The zero-order valence-electron chi connectivity index (χ0n) is 10.5. The highest BCUT2D eigenvalue weighted by molar-refractivity contribution is 5.35. The molecule has 1 atom stereocenters. The third kappa shape index (κ3) is 2.35. The summed E-state index contributed by atoms with van der Waals surface area (Å²) in [5, 5.41) is 3.45. The average Bonchev–Trinajstić information content (AvgIpc) is 2.70. The van der Waals surface area contributed by atoms with E-state index in [4.69, 9.17) is 0 Å². The van der Waals surface area contributed by atoms with Crippen molar-refractivity contribution in [1.29, 1.82) is 0 Å². The van der Waals surface area contributed by atoms with Gasteiger partial charge in [-0.25, -0.2) is 0 Å². The molecule has 1 unspecified atom stereocenters. The SMILES string of the molecule is CNC(C1=CCCC1)c1cc(C)cc(C)c1. The van der Waals surface area contributed by atoms with E-state index >= 15 is 0 Å². The molecule has 2 rings (SSSR count). The van der Waals surface area contributed by atoms with Crippen molar-refractivity contribution in [3.05, 3.63) is 46.5 Å². The lowest BCUT2D eigenvalue weighted by Crippen LogP contribution is -2.18. The van der Waals surface area contributed by atoms with Crippen molar-refractivity contribution in [2.45, 2.75) is 39.2 Å². The number of likely N-dealkylation sites (N-methyl/N-ethyl adjacent to an activating group) is 1. The Morgan fingerprint density at radius 1 is 1.12 bits per heavy atom. The molecule has 86 valence electrons. The van der Waals surface area contributed by atoms with Gasteiger partial charge in [-0.1, -0.05) is 41.0 Å². The summed E-state index contributed by atoms with van der Waals surface area (Å²) in [6.45, 7) is 4.35. The first kappa shape index (κ1) is 11.4. The van der Waals surface area contributed by atoms with Crippen LogP contribution in [0.25, 0.3) is 0 Å². The fourth-order valence-corrected chi connectivity index (χ4v) is 2.70. The minimum atomic E-state index is 0.418. The summed E-state index contributed by atoms with van der Waals surface area (Å²) in [7, 11) is 2.06. The second-order valence-electron chi connectivity index (χ2n) is 4.81. The first-order valence-electron chi connectivity index (χ1n) is 6.15. The summed E-state index contributed by atoms with van der Waals surface area (Å²) in [5.74, 6) is 0. The van der Waals surface area contributed by atoms with Gasteiger partial charge in [0.15, 0.2) is 0 Å². The molecule has 16 heavy (non-hydrogen) atoms. The molecule has 0 heterocycles. The monoisotopic (exact) mass is 215 g/mol. The van der Waals surface area contributed by atoms with Gasteiger partial charge in [0, 0.05) is 0 Å². The zero-order chi connectivity index (χ0) is 11.5. The normalized spacial score (nSPS) is 17.3. The third-order valence-electron chi connectivity index (χ3n) is 3.31. The third-order valence-corrected chi connectivity index (χ3v) is 3.31. The van der Waals surface area contributed by atoms with E-state index < -0.39 is 0 Å². The molecule has 0 aliphatic heterocycles. The molecule has 0 radical (unpaired) electrons. The van der Waals surface area contributed by atoms with Crippen LogP contribution >= 0.6 is 0 Å². The number of benzene rings is 1. The Hall–Kier alpha value is -1.08. The standard InChI is InChI=1S/C15H21N/c1-11-8-12(2)10-14(9-11)15(16-3)13-6-4-5-7-13/h6,8-10,15-16H,4-5,7H2,1-3H3. The molecule has 0 saturated heterocycles. The molecule has 1 aliphatic carbocycles. The molecule has 1 heteroatoms. The maximum absolute atomic E-state index is 3.45. The minimum Gasteiger partial charge on any atom is -0.310 e. The van der Waals surface area contributed by atoms with Crippen LogP contribution < -0.4 is 5.32 Å². The number of hydrogen-bond donors (Lipinski definition) is 1. The number of allylic oxidation sites excluding steroid dienone is 1. The summed E-state index contributed by atoms with van der Waals surface area (Å²) in [4.78, 5) is 0. The molecule has 0 fully saturated rings. The summed E-state index contributed by atoms with van der Waals surface area (Å²) < 4.78 is 0. The van der Waals surface area contributed by atoms with E-state index in [-0.39, 0.29) is 0 Å². The van der Waals surface area contributed by atoms with Crippen LogP contribution in [-0.2, 0) is 0 Å². The van der Waals surface area contributed by atoms with E-state index in [2.05, 4.69) is 50.5 Å². The van der Waals surface area contributed by atoms with E-state index in [9.17, 15) is 0 Å². The minimum absolute atomic E-state index is 0.418. The summed E-state index contributed by atoms with van der Waals surface area (Å²) in [6.07, 6.45) is 6.22. The lowest BCUT2D eigenvalue weighted by atomic mass is 9.95. The molecule has 1 nitrogen and oxygen atoms in total. The second-order valence-corrected chi connectivity index (χ2v) is 4.81. The van der Waals surface area contributed by atoms with E-state index in [1.807, 2.05) is 0 Å². The molecule has 1 aromatic carbocycles. The van der Waals surface area contributed by atoms with Crippen molar-refractivity contribution in [2.24, 2.45) is 0 Å². The molecule has 0 saturated carbocycles. The van der Waals surface area contributed by atoms with Crippen LogP contribution in [0.2, 0.25) is 0 Å². The van der Waals surface area contributed by atoms with Gasteiger partial charge in [-0.3, -0.25) is 0 Å². The van der Waals surface area contributed by atoms with Gasteiger partial charge in [-0.2, -0.15) is 0 Å². The van der Waals surface area contributed by atoms with Gasteiger partial charge in [0.05, 0.1) is 6.04 Å². The topological polar surface area (TPSA) is 12.0 Å². The van der Waals surface area contributed by atoms with Crippen molar-refractivity contribution in [2.75, 3.05) is 7.05 Å². The highest BCUT2D eigenvalue weighted by Crippen LogP contribution is 2.31. The summed E-state index contributed by atoms with van der Waals surface area (Å²) >= 11 is 0. The van der Waals surface area contributed by atoms with E-state index in [0.717, 1.165) is 0 Å². The number of nitrogens with one attached hydrogen (secondary N) is 1. The van der Waals surface area contributed by atoms with Gasteiger partial charge in [0.25, 0.3) is 0 Å². The maximum atomic E-state index is 3.45. The number of rotatable bonds is 3. The van der Waals surface area contributed by atoms with Crippen LogP contribution in [0.1, 0.15) is 42.0 Å². The van der Waals surface area contributed by atoms with E-state index in [1.54, 1.807) is 5.57 Å². The predicted octanol–water partition coefficient (Wildman–Crippen LogP) is 3.67. The van der Waals surface area contributed by atoms with Crippen LogP contribution in [-0.4, -0.2) is 7.05 Å². The number of aryl methyl sites for hydroxylation is 2. The van der Waals surface area contributed by atoms with Crippen molar-refractivity contribution in [3.63, 3.8) is 0 Å². The first-order valence-corrected chi connectivity index (χ1v) is 6.15. The zero-order valence-corrected chi connectivity index (χ0v) is 10.5. The molecule has 1 N–H and O–H groups in total. The molecular weight excluding hydrogens is 194 g/mol. The molecule has 1 aromatic rings. The first-order chi connectivity index (χ1) is 7.70.